The van der Waals surface area contributed by atoms with E-state index in [9.17, 15) is 9.18 Å². The Kier molecular flexibility index (Phi) is 4.11. The lowest BCUT2D eigenvalue weighted by molar-refractivity contribution is -0.119. The van der Waals surface area contributed by atoms with Crippen molar-refractivity contribution in [1.29, 1.82) is 0 Å². The van der Waals surface area contributed by atoms with E-state index in [1.807, 2.05) is 13.0 Å². The number of carbonyl (C=O) groups excluding carboxylic acids is 1. The number of halogens is 1. The summed E-state index contributed by atoms with van der Waals surface area (Å²) in [4.78, 5) is 12.6. The van der Waals surface area contributed by atoms with E-state index in [2.05, 4.69) is 0 Å². The Bertz CT molecular complexity index is 287. The van der Waals surface area contributed by atoms with Crippen LogP contribution in [0.3, 0.4) is 0 Å². The first kappa shape index (κ1) is 10.7. The van der Waals surface area contributed by atoms with E-state index in [1.165, 1.54) is 0 Å². The van der Waals surface area contributed by atoms with Crippen LogP contribution in [0.1, 0.15) is 19.8 Å². The molecule has 1 rings (SSSR count). The number of carbonyl (C=O) groups is 1. The fourth-order valence-electron chi connectivity index (χ4n) is 1.24. The van der Waals surface area contributed by atoms with E-state index in [0.717, 1.165) is 11.3 Å². The molecule has 0 saturated heterocycles. The molecule has 0 fully saturated rings. The Labute approximate surface area is 83.3 Å². The van der Waals surface area contributed by atoms with Crippen LogP contribution in [0.5, 0.6) is 0 Å². The van der Waals surface area contributed by atoms with Crippen LogP contribution in [-0.4, -0.2) is 12.7 Å². The third-order valence-electron chi connectivity index (χ3n) is 1.95. The van der Waals surface area contributed by atoms with Gasteiger partial charge in [-0.15, -0.1) is 0 Å². The maximum absolute atomic E-state index is 12.6. The molecule has 1 aromatic carbocycles. The molecule has 76 valence electrons. The van der Waals surface area contributed by atoms with Crippen molar-refractivity contribution in [2.24, 2.45) is 0 Å². The van der Waals surface area contributed by atoms with Gasteiger partial charge in [0.05, 0.1) is 0 Å². The minimum atomic E-state index is -0.761. The van der Waals surface area contributed by atoms with Crippen molar-refractivity contribution in [3.8, 4) is 0 Å². The number of alkyl halides is 1. The fraction of sp³-hybridized carbons (Fsp3) is 0.364. The van der Waals surface area contributed by atoms with Gasteiger partial charge in [0.25, 0.3) is 0 Å². The molecule has 0 aliphatic rings. The molecule has 0 aromatic heterocycles. The number of anilines is 1. The van der Waals surface area contributed by atoms with Crippen molar-refractivity contribution in [2.75, 3.05) is 11.7 Å². The van der Waals surface area contributed by atoms with Gasteiger partial charge in [0, 0.05) is 12.1 Å². The third kappa shape index (κ3) is 2.55. The zero-order valence-corrected chi connectivity index (χ0v) is 8.24. The van der Waals surface area contributed by atoms with E-state index in [-0.39, 0.29) is 5.91 Å². The van der Waals surface area contributed by atoms with Crippen LogP contribution >= 0.6 is 0 Å². The Morgan fingerprint density at radius 3 is 2.50 bits per heavy atom. The molecule has 1 aromatic rings. The second kappa shape index (κ2) is 5.37. The zero-order chi connectivity index (χ0) is 10.4. The number of benzene rings is 1. The molecule has 2 nitrogen and oxygen atoms in total. The highest BCUT2D eigenvalue weighted by atomic mass is 19.1. The van der Waals surface area contributed by atoms with Gasteiger partial charge in [-0.05, 0) is 18.6 Å². The highest BCUT2D eigenvalue weighted by molar-refractivity contribution is 5.92. The van der Waals surface area contributed by atoms with Crippen LogP contribution in [0.4, 0.5) is 10.1 Å². The molecule has 14 heavy (non-hydrogen) atoms. The van der Waals surface area contributed by atoms with Gasteiger partial charge in [-0.3, -0.25) is 9.69 Å². The normalized spacial score (nSPS) is 9.86. The molecular weight excluding hydrogens is 181 g/mol. The summed E-state index contributed by atoms with van der Waals surface area (Å²) in [5.41, 5.74) is 0.619. The Morgan fingerprint density at radius 2 is 2.00 bits per heavy atom. The minimum Gasteiger partial charge on any atom is -0.284 e. The molecule has 0 atom stereocenters. The SMILES string of the molecule is CCCC(=O)N(CF)c1ccccc1. The smallest absolute Gasteiger partial charge is 0.229 e. The number of nitrogens with zero attached hydrogens (tertiary/aromatic N) is 1. The van der Waals surface area contributed by atoms with Crippen LogP contribution in [0.25, 0.3) is 0 Å². The summed E-state index contributed by atoms with van der Waals surface area (Å²) in [6.07, 6.45) is 1.13. The first-order chi connectivity index (χ1) is 6.79. The largest absolute Gasteiger partial charge is 0.284 e. The van der Waals surface area contributed by atoms with Crippen molar-refractivity contribution < 1.29 is 9.18 Å². The summed E-state index contributed by atoms with van der Waals surface area (Å²) in [5, 5.41) is 0. The number of para-hydroxylation sites is 1. The van der Waals surface area contributed by atoms with Crippen LogP contribution in [0.15, 0.2) is 30.3 Å². The zero-order valence-electron chi connectivity index (χ0n) is 8.24. The van der Waals surface area contributed by atoms with Crippen molar-refractivity contribution in [2.45, 2.75) is 19.8 Å². The number of hydrogen-bond acceptors (Lipinski definition) is 1. The van der Waals surface area contributed by atoms with E-state index in [4.69, 9.17) is 0 Å². The van der Waals surface area contributed by atoms with E-state index >= 15 is 0 Å². The van der Waals surface area contributed by atoms with Gasteiger partial charge in [0.2, 0.25) is 5.91 Å². The van der Waals surface area contributed by atoms with Gasteiger partial charge in [0.1, 0.15) is 0 Å². The quantitative estimate of drug-likeness (QED) is 0.676. The molecule has 0 heterocycles. The molecule has 0 aliphatic carbocycles. The van der Waals surface area contributed by atoms with Gasteiger partial charge < -0.3 is 0 Å². The molecule has 0 bridgehead atoms. The van der Waals surface area contributed by atoms with E-state index in [0.29, 0.717) is 12.1 Å². The highest BCUT2D eigenvalue weighted by Gasteiger charge is 2.13. The van der Waals surface area contributed by atoms with Gasteiger partial charge >= 0.3 is 0 Å². The number of amides is 1. The predicted octanol–water partition coefficient (Wildman–Crippen LogP) is 2.75. The van der Waals surface area contributed by atoms with Crippen molar-refractivity contribution >= 4 is 11.6 Å². The number of rotatable bonds is 4. The summed E-state index contributed by atoms with van der Waals surface area (Å²) >= 11 is 0. The van der Waals surface area contributed by atoms with Crippen molar-refractivity contribution in [3.63, 3.8) is 0 Å². The summed E-state index contributed by atoms with van der Waals surface area (Å²) in [6.45, 7) is 1.14. The predicted molar refractivity (Wildman–Crippen MR) is 54.8 cm³/mol. The lowest BCUT2D eigenvalue weighted by Gasteiger charge is -2.18. The first-order valence-corrected chi connectivity index (χ1v) is 4.71. The standard InChI is InChI=1S/C11H14FNO/c1-2-6-11(14)13(9-12)10-7-4-3-5-8-10/h3-5,7-8H,2,6,9H2,1H3. The molecule has 0 aliphatic heterocycles. The molecule has 0 spiro atoms. The topological polar surface area (TPSA) is 20.3 Å². The fourth-order valence-corrected chi connectivity index (χ4v) is 1.24. The molecule has 0 unspecified atom stereocenters. The van der Waals surface area contributed by atoms with Gasteiger partial charge in [-0.1, -0.05) is 25.1 Å². The van der Waals surface area contributed by atoms with Crippen molar-refractivity contribution in [3.05, 3.63) is 30.3 Å². The molecule has 0 N–H and O–H groups in total. The molecule has 3 heteroatoms. The van der Waals surface area contributed by atoms with Gasteiger partial charge in [-0.25, -0.2) is 4.39 Å². The first-order valence-electron chi connectivity index (χ1n) is 4.71. The van der Waals surface area contributed by atoms with Gasteiger partial charge in [0.15, 0.2) is 6.80 Å². The monoisotopic (exact) mass is 195 g/mol. The van der Waals surface area contributed by atoms with Crippen molar-refractivity contribution in [1.82, 2.24) is 0 Å². The molecule has 0 saturated carbocycles. The summed E-state index contributed by atoms with van der Waals surface area (Å²) < 4.78 is 12.6. The summed E-state index contributed by atoms with van der Waals surface area (Å²) in [6, 6.07) is 8.87. The Balaban J connectivity index is 2.77. The third-order valence-corrected chi connectivity index (χ3v) is 1.95. The molecule has 0 radical (unpaired) electrons. The Morgan fingerprint density at radius 1 is 1.36 bits per heavy atom. The average molecular weight is 195 g/mol. The van der Waals surface area contributed by atoms with Crippen LogP contribution in [-0.2, 0) is 4.79 Å². The average Bonchev–Trinajstić information content (AvgIpc) is 2.21. The second-order valence-corrected chi connectivity index (χ2v) is 3.03. The van der Waals surface area contributed by atoms with E-state index < -0.39 is 6.80 Å². The van der Waals surface area contributed by atoms with E-state index in [1.54, 1.807) is 24.3 Å². The van der Waals surface area contributed by atoms with Gasteiger partial charge in [-0.2, -0.15) is 0 Å². The lowest BCUT2D eigenvalue weighted by Crippen LogP contribution is -2.29. The highest BCUT2D eigenvalue weighted by Crippen LogP contribution is 2.14. The van der Waals surface area contributed by atoms with Crippen LogP contribution in [0, 0.1) is 0 Å². The molecular formula is C11H14FNO. The molecule has 1 amide bonds. The lowest BCUT2D eigenvalue weighted by atomic mass is 10.2. The number of hydrogen-bond donors (Lipinski definition) is 0. The van der Waals surface area contributed by atoms with Crippen LogP contribution in [0.2, 0.25) is 0 Å². The maximum atomic E-state index is 12.6. The second-order valence-electron chi connectivity index (χ2n) is 3.03. The minimum absolute atomic E-state index is 0.166. The Hall–Kier alpha value is -1.38. The van der Waals surface area contributed by atoms with Crippen LogP contribution < -0.4 is 4.90 Å². The summed E-state index contributed by atoms with van der Waals surface area (Å²) in [7, 11) is 0. The maximum Gasteiger partial charge on any atom is 0.229 e. The summed E-state index contributed by atoms with van der Waals surface area (Å²) in [5.74, 6) is -0.166.